The zero-order valence-electron chi connectivity index (χ0n) is 6.29. The lowest BCUT2D eigenvalue weighted by atomic mass is 10.3. The molecule has 0 saturated heterocycles. The summed E-state index contributed by atoms with van der Waals surface area (Å²) in [6, 6.07) is -0.497. The monoisotopic (exact) mass is 143 g/mol. The first-order valence-electron chi connectivity index (χ1n) is 3.32. The summed E-state index contributed by atoms with van der Waals surface area (Å²) in [6.07, 6.45) is 4.46. The van der Waals surface area contributed by atoms with E-state index in [0.29, 0.717) is 0 Å². The number of allylic oxidation sites excluding steroid dienone is 1. The highest BCUT2D eigenvalue weighted by molar-refractivity contribution is 5.72. The van der Waals surface area contributed by atoms with E-state index >= 15 is 0 Å². The van der Waals surface area contributed by atoms with Crippen LogP contribution in [0, 0.1) is 0 Å². The molecule has 1 unspecified atom stereocenters. The molecule has 0 saturated carbocycles. The van der Waals surface area contributed by atoms with Crippen LogP contribution < -0.4 is 5.32 Å². The van der Waals surface area contributed by atoms with Gasteiger partial charge in [-0.1, -0.05) is 13.0 Å². The van der Waals surface area contributed by atoms with Gasteiger partial charge in [0.15, 0.2) is 0 Å². The van der Waals surface area contributed by atoms with Crippen LogP contribution in [0.15, 0.2) is 12.3 Å². The number of carboxylic acid groups (broad SMARTS) is 1. The highest BCUT2D eigenvalue weighted by Gasteiger charge is 2.05. The van der Waals surface area contributed by atoms with Crippen molar-refractivity contribution in [2.75, 3.05) is 0 Å². The van der Waals surface area contributed by atoms with Crippen molar-refractivity contribution in [2.45, 2.75) is 26.3 Å². The van der Waals surface area contributed by atoms with Crippen molar-refractivity contribution in [2.24, 2.45) is 0 Å². The fourth-order valence-corrected chi connectivity index (χ4v) is 0.402. The summed E-state index contributed by atoms with van der Waals surface area (Å²) in [5, 5.41) is 11.1. The molecule has 2 N–H and O–H groups in total. The van der Waals surface area contributed by atoms with E-state index in [9.17, 15) is 4.79 Å². The molecule has 0 aromatic carbocycles. The molecule has 3 heteroatoms. The first-order valence-corrected chi connectivity index (χ1v) is 3.32. The van der Waals surface area contributed by atoms with Crippen LogP contribution in [0.3, 0.4) is 0 Å². The minimum Gasteiger partial charge on any atom is -0.480 e. The van der Waals surface area contributed by atoms with Crippen molar-refractivity contribution in [3.05, 3.63) is 12.3 Å². The Bertz CT molecular complexity index is 132. The molecule has 10 heavy (non-hydrogen) atoms. The maximum absolute atomic E-state index is 10.2. The standard InChI is InChI=1S/C7H13NO2/c1-3-4-5-8-6(2)7(9)10/h4-6,8H,3H2,1-2H3,(H,9,10)/b5-4+. The van der Waals surface area contributed by atoms with Gasteiger partial charge in [0, 0.05) is 0 Å². The lowest BCUT2D eigenvalue weighted by molar-refractivity contribution is -0.138. The zero-order chi connectivity index (χ0) is 7.98. The molecule has 0 radical (unpaired) electrons. The van der Waals surface area contributed by atoms with Crippen LogP contribution >= 0.6 is 0 Å². The second kappa shape index (κ2) is 4.85. The molecule has 0 aliphatic heterocycles. The van der Waals surface area contributed by atoms with Gasteiger partial charge in [0.2, 0.25) is 0 Å². The Morgan fingerprint density at radius 3 is 2.80 bits per heavy atom. The molecule has 0 amide bonds. The van der Waals surface area contributed by atoms with Crippen molar-refractivity contribution in [1.82, 2.24) is 5.32 Å². The van der Waals surface area contributed by atoms with Crippen LogP contribution in [0.5, 0.6) is 0 Å². The van der Waals surface area contributed by atoms with Crippen molar-refractivity contribution in [1.29, 1.82) is 0 Å². The second-order valence-electron chi connectivity index (χ2n) is 2.04. The predicted octanol–water partition coefficient (Wildman–Crippen LogP) is 0.973. The summed E-state index contributed by atoms with van der Waals surface area (Å²) in [7, 11) is 0. The Morgan fingerprint density at radius 1 is 1.80 bits per heavy atom. The van der Waals surface area contributed by atoms with Gasteiger partial charge in [-0.2, -0.15) is 0 Å². The number of rotatable bonds is 4. The quantitative estimate of drug-likeness (QED) is 0.616. The SMILES string of the molecule is CC/C=C/NC(C)C(=O)O. The van der Waals surface area contributed by atoms with E-state index in [-0.39, 0.29) is 0 Å². The summed E-state index contributed by atoms with van der Waals surface area (Å²) in [5.74, 6) is -0.833. The van der Waals surface area contributed by atoms with Gasteiger partial charge in [0.25, 0.3) is 0 Å². The summed E-state index contributed by atoms with van der Waals surface area (Å²) in [6.45, 7) is 3.59. The smallest absolute Gasteiger partial charge is 0.325 e. The number of aliphatic carboxylic acids is 1. The third-order valence-electron chi connectivity index (χ3n) is 1.07. The van der Waals surface area contributed by atoms with Gasteiger partial charge in [0.05, 0.1) is 0 Å². The maximum atomic E-state index is 10.2. The highest BCUT2D eigenvalue weighted by atomic mass is 16.4. The largest absolute Gasteiger partial charge is 0.480 e. The molecule has 0 aliphatic carbocycles. The van der Waals surface area contributed by atoms with Gasteiger partial charge in [-0.05, 0) is 19.5 Å². The first-order chi connectivity index (χ1) is 4.68. The summed E-state index contributed by atoms with van der Waals surface area (Å²) < 4.78 is 0. The Hall–Kier alpha value is -0.990. The third-order valence-corrected chi connectivity index (χ3v) is 1.07. The fourth-order valence-electron chi connectivity index (χ4n) is 0.402. The number of carboxylic acids is 1. The Labute approximate surface area is 60.7 Å². The van der Waals surface area contributed by atoms with Crippen molar-refractivity contribution in [3.8, 4) is 0 Å². The van der Waals surface area contributed by atoms with Gasteiger partial charge in [-0.15, -0.1) is 0 Å². The molecule has 0 rings (SSSR count). The molecule has 0 heterocycles. The molecular weight excluding hydrogens is 130 g/mol. The van der Waals surface area contributed by atoms with Gasteiger partial charge in [-0.3, -0.25) is 4.79 Å². The van der Waals surface area contributed by atoms with E-state index in [1.165, 1.54) is 0 Å². The van der Waals surface area contributed by atoms with Crippen LogP contribution in [-0.2, 0) is 4.79 Å². The predicted molar refractivity (Wildman–Crippen MR) is 39.7 cm³/mol. The average Bonchev–Trinajstić information content (AvgIpc) is 1.88. The Morgan fingerprint density at radius 2 is 2.40 bits per heavy atom. The normalized spacial score (nSPS) is 13.4. The number of hydrogen-bond donors (Lipinski definition) is 2. The lowest BCUT2D eigenvalue weighted by Crippen LogP contribution is -2.29. The van der Waals surface area contributed by atoms with Crippen molar-refractivity contribution < 1.29 is 9.90 Å². The Balaban J connectivity index is 3.48. The number of nitrogens with one attached hydrogen (secondary N) is 1. The molecule has 0 aliphatic rings. The summed E-state index contributed by atoms with van der Waals surface area (Å²) in [4.78, 5) is 10.2. The van der Waals surface area contributed by atoms with Crippen molar-refractivity contribution >= 4 is 5.97 Å². The third kappa shape index (κ3) is 3.95. The van der Waals surface area contributed by atoms with Crippen LogP contribution in [0.2, 0.25) is 0 Å². The zero-order valence-corrected chi connectivity index (χ0v) is 6.29. The molecule has 58 valence electrons. The summed E-state index contributed by atoms with van der Waals surface area (Å²) in [5.41, 5.74) is 0. The molecule has 0 spiro atoms. The van der Waals surface area contributed by atoms with E-state index in [1.54, 1.807) is 13.1 Å². The topological polar surface area (TPSA) is 49.3 Å². The fraction of sp³-hybridized carbons (Fsp3) is 0.571. The van der Waals surface area contributed by atoms with Crippen LogP contribution in [0.25, 0.3) is 0 Å². The van der Waals surface area contributed by atoms with Gasteiger partial charge >= 0.3 is 5.97 Å². The van der Waals surface area contributed by atoms with E-state index in [0.717, 1.165) is 6.42 Å². The van der Waals surface area contributed by atoms with Crippen LogP contribution in [-0.4, -0.2) is 17.1 Å². The maximum Gasteiger partial charge on any atom is 0.325 e. The second-order valence-corrected chi connectivity index (χ2v) is 2.04. The molecule has 0 aromatic rings. The lowest BCUT2D eigenvalue weighted by Gasteiger charge is -2.03. The van der Waals surface area contributed by atoms with Crippen LogP contribution in [0.1, 0.15) is 20.3 Å². The van der Waals surface area contributed by atoms with Crippen molar-refractivity contribution in [3.63, 3.8) is 0 Å². The Kier molecular flexibility index (Phi) is 4.37. The highest BCUT2D eigenvalue weighted by Crippen LogP contribution is 1.82. The number of carbonyl (C=O) groups is 1. The van der Waals surface area contributed by atoms with Gasteiger partial charge < -0.3 is 10.4 Å². The first kappa shape index (κ1) is 9.01. The van der Waals surface area contributed by atoms with Gasteiger partial charge in [-0.25, -0.2) is 0 Å². The molecule has 3 nitrogen and oxygen atoms in total. The summed E-state index contributed by atoms with van der Waals surface area (Å²) >= 11 is 0. The van der Waals surface area contributed by atoms with E-state index in [2.05, 4.69) is 5.32 Å². The van der Waals surface area contributed by atoms with Crippen LogP contribution in [0.4, 0.5) is 0 Å². The van der Waals surface area contributed by atoms with Gasteiger partial charge in [0.1, 0.15) is 6.04 Å². The minimum atomic E-state index is -0.833. The molecule has 1 atom stereocenters. The minimum absolute atomic E-state index is 0.497. The number of hydrogen-bond acceptors (Lipinski definition) is 2. The average molecular weight is 143 g/mol. The molecule has 0 fully saturated rings. The van der Waals surface area contributed by atoms with E-state index < -0.39 is 12.0 Å². The molecular formula is C7H13NO2. The molecule has 0 aromatic heterocycles. The van der Waals surface area contributed by atoms with E-state index in [1.807, 2.05) is 13.0 Å². The molecule has 0 bridgehead atoms. The van der Waals surface area contributed by atoms with E-state index in [4.69, 9.17) is 5.11 Å².